The van der Waals surface area contributed by atoms with Crippen LogP contribution in [0.4, 0.5) is 0 Å². The summed E-state index contributed by atoms with van der Waals surface area (Å²) < 4.78 is 5.41. The van der Waals surface area contributed by atoms with Crippen molar-refractivity contribution in [2.24, 2.45) is 5.84 Å². The number of terminal acetylenes is 1. The van der Waals surface area contributed by atoms with Gasteiger partial charge in [0.1, 0.15) is 0 Å². The second-order valence-electron chi connectivity index (χ2n) is 4.77. The Bertz CT molecular complexity index is 258. The maximum Gasteiger partial charge on any atom is 0.0594 e. The van der Waals surface area contributed by atoms with Gasteiger partial charge in [-0.2, -0.15) is 0 Å². The summed E-state index contributed by atoms with van der Waals surface area (Å²) >= 11 is 0. The Morgan fingerprint density at radius 3 is 2.65 bits per heavy atom. The highest BCUT2D eigenvalue weighted by Crippen LogP contribution is 2.26. The maximum atomic E-state index is 5.71. The molecule has 4 nitrogen and oxygen atoms in total. The summed E-state index contributed by atoms with van der Waals surface area (Å²) in [6.07, 6.45) is 8.06. The zero-order chi connectivity index (χ0) is 12.7. The maximum absolute atomic E-state index is 5.71. The van der Waals surface area contributed by atoms with Crippen molar-refractivity contribution in [1.29, 1.82) is 0 Å². The summed E-state index contributed by atoms with van der Waals surface area (Å²) in [6, 6.07) is 0.224. The van der Waals surface area contributed by atoms with Gasteiger partial charge >= 0.3 is 0 Å². The van der Waals surface area contributed by atoms with Gasteiger partial charge in [-0.25, -0.2) is 0 Å². The highest BCUT2D eigenvalue weighted by Gasteiger charge is 2.37. The molecule has 1 rings (SSSR count). The van der Waals surface area contributed by atoms with Gasteiger partial charge in [0.2, 0.25) is 0 Å². The zero-order valence-corrected chi connectivity index (χ0v) is 11.0. The van der Waals surface area contributed by atoms with Crippen molar-refractivity contribution in [2.45, 2.75) is 44.7 Å². The molecule has 0 spiro atoms. The summed E-state index contributed by atoms with van der Waals surface area (Å²) in [5, 5.41) is 0. The Kier molecular flexibility index (Phi) is 5.93. The number of ether oxygens (including phenoxy) is 1. The van der Waals surface area contributed by atoms with Crippen molar-refractivity contribution in [3.05, 3.63) is 0 Å². The Balaban J connectivity index is 2.72. The SMILES string of the molecule is C#CCCC(NN)C(C)(CC)N1CCOCC1. The molecule has 0 bridgehead atoms. The van der Waals surface area contributed by atoms with Gasteiger partial charge in [0, 0.05) is 31.1 Å². The van der Waals surface area contributed by atoms with Crippen LogP contribution in [0.2, 0.25) is 0 Å². The molecule has 0 amide bonds. The fourth-order valence-corrected chi connectivity index (χ4v) is 2.57. The van der Waals surface area contributed by atoms with Gasteiger partial charge in [0.05, 0.1) is 13.2 Å². The van der Waals surface area contributed by atoms with Crippen LogP contribution in [0.25, 0.3) is 0 Å². The number of rotatable bonds is 6. The largest absolute Gasteiger partial charge is 0.379 e. The molecular weight excluding hydrogens is 214 g/mol. The van der Waals surface area contributed by atoms with E-state index in [0.717, 1.165) is 45.6 Å². The van der Waals surface area contributed by atoms with Gasteiger partial charge in [-0.3, -0.25) is 16.2 Å². The molecule has 17 heavy (non-hydrogen) atoms. The number of hydrazine groups is 1. The van der Waals surface area contributed by atoms with Gasteiger partial charge in [0.15, 0.2) is 0 Å². The highest BCUT2D eigenvalue weighted by molar-refractivity contribution is 4.98. The van der Waals surface area contributed by atoms with Gasteiger partial charge in [-0.05, 0) is 19.8 Å². The van der Waals surface area contributed by atoms with Crippen LogP contribution < -0.4 is 11.3 Å². The summed E-state index contributed by atoms with van der Waals surface area (Å²) in [7, 11) is 0. The molecule has 0 aromatic heterocycles. The fraction of sp³-hybridized carbons (Fsp3) is 0.846. The number of hydrogen-bond donors (Lipinski definition) is 2. The van der Waals surface area contributed by atoms with Gasteiger partial charge in [0.25, 0.3) is 0 Å². The van der Waals surface area contributed by atoms with Crippen molar-refractivity contribution in [1.82, 2.24) is 10.3 Å². The molecular formula is C13H25N3O. The van der Waals surface area contributed by atoms with E-state index in [2.05, 4.69) is 30.1 Å². The van der Waals surface area contributed by atoms with Crippen molar-refractivity contribution in [3.63, 3.8) is 0 Å². The topological polar surface area (TPSA) is 50.5 Å². The first-order chi connectivity index (χ1) is 8.19. The van der Waals surface area contributed by atoms with Gasteiger partial charge in [-0.1, -0.05) is 6.92 Å². The molecule has 1 fully saturated rings. The van der Waals surface area contributed by atoms with Crippen LogP contribution in [0.15, 0.2) is 0 Å². The Morgan fingerprint density at radius 2 is 2.18 bits per heavy atom. The minimum absolute atomic E-state index is 0.0510. The number of nitrogens with one attached hydrogen (secondary N) is 1. The second kappa shape index (κ2) is 6.97. The smallest absolute Gasteiger partial charge is 0.0594 e. The van der Waals surface area contributed by atoms with E-state index in [4.69, 9.17) is 17.0 Å². The first kappa shape index (κ1) is 14.5. The van der Waals surface area contributed by atoms with Crippen LogP contribution in [-0.4, -0.2) is 42.8 Å². The van der Waals surface area contributed by atoms with Crippen molar-refractivity contribution in [3.8, 4) is 12.3 Å². The first-order valence-electron chi connectivity index (χ1n) is 6.41. The molecule has 0 saturated carbocycles. The molecule has 2 unspecified atom stereocenters. The lowest BCUT2D eigenvalue weighted by Crippen LogP contribution is -2.63. The molecule has 1 saturated heterocycles. The third-order valence-corrected chi connectivity index (χ3v) is 3.98. The number of nitrogens with two attached hydrogens (primary N) is 1. The molecule has 0 radical (unpaired) electrons. The van der Waals surface area contributed by atoms with Crippen LogP contribution in [-0.2, 0) is 4.74 Å². The Hall–Kier alpha value is -0.600. The molecule has 1 heterocycles. The zero-order valence-electron chi connectivity index (χ0n) is 11.0. The molecule has 98 valence electrons. The molecule has 1 aliphatic rings. The fourth-order valence-electron chi connectivity index (χ4n) is 2.57. The predicted molar refractivity (Wildman–Crippen MR) is 70.3 cm³/mol. The minimum Gasteiger partial charge on any atom is -0.379 e. The highest BCUT2D eigenvalue weighted by atomic mass is 16.5. The molecule has 4 heteroatoms. The number of nitrogens with zero attached hydrogens (tertiary/aromatic N) is 1. The average Bonchev–Trinajstić information content (AvgIpc) is 2.40. The van der Waals surface area contributed by atoms with Gasteiger partial charge in [-0.15, -0.1) is 12.3 Å². The van der Waals surface area contributed by atoms with Crippen LogP contribution in [0.3, 0.4) is 0 Å². The van der Waals surface area contributed by atoms with Gasteiger partial charge < -0.3 is 4.74 Å². The average molecular weight is 239 g/mol. The molecule has 0 aromatic carbocycles. The molecule has 0 aromatic rings. The lowest BCUT2D eigenvalue weighted by molar-refractivity contribution is -0.0332. The van der Waals surface area contributed by atoms with Crippen LogP contribution >= 0.6 is 0 Å². The van der Waals surface area contributed by atoms with Crippen LogP contribution in [0.5, 0.6) is 0 Å². The van der Waals surface area contributed by atoms with E-state index in [-0.39, 0.29) is 11.6 Å². The van der Waals surface area contributed by atoms with Crippen molar-refractivity contribution < 1.29 is 4.74 Å². The molecule has 0 aliphatic carbocycles. The van der Waals surface area contributed by atoms with Crippen molar-refractivity contribution >= 4 is 0 Å². The van der Waals surface area contributed by atoms with E-state index >= 15 is 0 Å². The summed E-state index contributed by atoms with van der Waals surface area (Å²) in [6.45, 7) is 8.02. The lowest BCUT2D eigenvalue weighted by atomic mass is 9.84. The predicted octanol–water partition coefficient (Wildman–Crippen LogP) is 0.733. The molecule has 3 N–H and O–H groups in total. The number of morpholine rings is 1. The Labute approximate surface area is 105 Å². The third kappa shape index (κ3) is 3.43. The van der Waals surface area contributed by atoms with Crippen molar-refractivity contribution in [2.75, 3.05) is 26.3 Å². The first-order valence-corrected chi connectivity index (χ1v) is 6.41. The van der Waals surface area contributed by atoms with E-state index in [1.54, 1.807) is 0 Å². The normalized spacial score (nSPS) is 22.7. The minimum atomic E-state index is 0.0510. The number of hydrogen-bond acceptors (Lipinski definition) is 4. The van der Waals surface area contributed by atoms with E-state index < -0.39 is 0 Å². The Morgan fingerprint density at radius 1 is 1.53 bits per heavy atom. The summed E-state index contributed by atoms with van der Waals surface area (Å²) in [5.74, 6) is 8.40. The molecule has 1 aliphatic heterocycles. The summed E-state index contributed by atoms with van der Waals surface area (Å²) in [4.78, 5) is 2.47. The van der Waals surface area contributed by atoms with E-state index in [9.17, 15) is 0 Å². The standard InChI is InChI=1S/C13H25N3O/c1-4-6-7-12(15-14)13(3,5-2)16-8-10-17-11-9-16/h1,12,15H,5-11,14H2,2-3H3. The monoisotopic (exact) mass is 239 g/mol. The molecule has 2 atom stereocenters. The van der Waals surface area contributed by atoms with E-state index in [1.165, 1.54) is 0 Å². The van der Waals surface area contributed by atoms with Crippen LogP contribution in [0, 0.1) is 12.3 Å². The quantitative estimate of drug-likeness (QED) is 0.408. The van der Waals surface area contributed by atoms with E-state index in [0.29, 0.717) is 0 Å². The summed E-state index contributed by atoms with van der Waals surface area (Å²) in [5.41, 5.74) is 3.00. The van der Waals surface area contributed by atoms with E-state index in [1.807, 2.05) is 0 Å². The van der Waals surface area contributed by atoms with Crippen LogP contribution in [0.1, 0.15) is 33.1 Å². The lowest BCUT2D eigenvalue weighted by Gasteiger charge is -2.47. The third-order valence-electron chi connectivity index (χ3n) is 3.98. The second-order valence-corrected chi connectivity index (χ2v) is 4.77.